The number of hydrogen-bond acceptors (Lipinski definition) is 8. The molecular formula is C23H32N6O5. The first-order chi connectivity index (χ1) is 16.1. The van der Waals surface area contributed by atoms with Gasteiger partial charge in [0.2, 0.25) is 11.8 Å². The molecule has 3 aliphatic heterocycles. The van der Waals surface area contributed by atoms with Crippen LogP contribution in [0.3, 0.4) is 0 Å². The molecule has 11 nitrogen and oxygen atoms in total. The second-order valence-corrected chi connectivity index (χ2v) is 9.86. The molecular weight excluding hydrogens is 440 g/mol. The zero-order valence-corrected chi connectivity index (χ0v) is 19.9. The number of ether oxygens (including phenoxy) is 1. The number of hydrogen-bond donors (Lipinski definition) is 2. The lowest BCUT2D eigenvalue weighted by molar-refractivity contribution is -0.136. The van der Waals surface area contributed by atoms with Crippen molar-refractivity contribution in [1.82, 2.24) is 25.0 Å². The number of rotatable bonds is 5. The molecule has 0 aromatic carbocycles. The van der Waals surface area contributed by atoms with Gasteiger partial charge in [0.05, 0.1) is 0 Å². The zero-order valence-electron chi connectivity index (χ0n) is 19.9. The third-order valence-electron chi connectivity index (χ3n) is 6.16. The highest BCUT2D eigenvalue weighted by atomic mass is 16.6. The summed E-state index contributed by atoms with van der Waals surface area (Å²) in [5.74, 6) is -0.335. The fraction of sp³-hybridized carbons (Fsp3) is 0.609. The van der Waals surface area contributed by atoms with Gasteiger partial charge in [0.25, 0.3) is 5.91 Å². The smallest absolute Gasteiger partial charge is 0.410 e. The molecule has 1 aromatic rings. The van der Waals surface area contributed by atoms with Crippen molar-refractivity contribution in [2.24, 2.45) is 0 Å². The number of pyridine rings is 1. The summed E-state index contributed by atoms with van der Waals surface area (Å²) in [6.45, 7) is 10.1. The minimum atomic E-state index is -0.631. The topological polar surface area (TPSA) is 124 Å². The molecule has 0 aliphatic carbocycles. The fourth-order valence-electron chi connectivity index (χ4n) is 4.37. The molecule has 0 radical (unpaired) electrons. The minimum absolute atomic E-state index is 0.215. The molecule has 4 heterocycles. The Hall–Kier alpha value is -3.21. The molecule has 0 bridgehead atoms. The number of amides is 4. The number of carbonyl (C=O) groups is 4. The highest BCUT2D eigenvalue weighted by molar-refractivity contribution is 6.05. The molecule has 184 valence electrons. The highest BCUT2D eigenvalue weighted by Gasteiger charge is 2.39. The van der Waals surface area contributed by atoms with Crippen molar-refractivity contribution in [3.8, 4) is 0 Å². The van der Waals surface area contributed by atoms with Crippen LogP contribution < -0.4 is 10.6 Å². The Morgan fingerprint density at radius 1 is 1.21 bits per heavy atom. The first kappa shape index (κ1) is 23.9. The maximum absolute atomic E-state index is 12.9. The summed E-state index contributed by atoms with van der Waals surface area (Å²) in [4.78, 5) is 58.6. The van der Waals surface area contributed by atoms with Crippen molar-refractivity contribution in [2.45, 2.75) is 51.8 Å². The van der Waals surface area contributed by atoms with Gasteiger partial charge in [-0.3, -0.25) is 24.6 Å². The normalized spacial score (nSPS) is 21.4. The van der Waals surface area contributed by atoms with Crippen LogP contribution >= 0.6 is 0 Å². The third kappa shape index (κ3) is 5.46. The standard InChI is InChI=1S/C23H32N6O5/c1-23(2,3)34-22(33)28-10-8-27(9-11-28)7-6-24-18-12-16-15(13-25-18)14-29(21(16)32)17-4-5-19(30)26-20(17)31/h12-13,17H,4-11,14H2,1-3H3,(H,24,25)(H,26,30,31). The quantitative estimate of drug-likeness (QED) is 0.604. The van der Waals surface area contributed by atoms with Gasteiger partial charge in [-0.05, 0) is 33.3 Å². The lowest BCUT2D eigenvalue weighted by Crippen LogP contribution is -2.52. The predicted molar refractivity (Wildman–Crippen MR) is 123 cm³/mol. The molecule has 1 unspecified atom stereocenters. The average molecular weight is 473 g/mol. The van der Waals surface area contributed by atoms with Crippen molar-refractivity contribution in [1.29, 1.82) is 0 Å². The number of nitrogens with one attached hydrogen (secondary N) is 2. The van der Waals surface area contributed by atoms with Crippen LogP contribution in [-0.2, 0) is 20.9 Å². The maximum Gasteiger partial charge on any atom is 0.410 e. The zero-order chi connectivity index (χ0) is 24.5. The maximum atomic E-state index is 12.9. The van der Waals surface area contributed by atoms with Gasteiger partial charge < -0.3 is 19.9 Å². The fourth-order valence-corrected chi connectivity index (χ4v) is 4.37. The summed E-state index contributed by atoms with van der Waals surface area (Å²) in [7, 11) is 0. The Labute approximate surface area is 198 Å². The molecule has 11 heteroatoms. The van der Waals surface area contributed by atoms with Gasteiger partial charge in [-0.15, -0.1) is 0 Å². The predicted octanol–water partition coefficient (Wildman–Crippen LogP) is 0.807. The second kappa shape index (κ2) is 9.57. The van der Waals surface area contributed by atoms with E-state index in [0.29, 0.717) is 44.0 Å². The van der Waals surface area contributed by atoms with E-state index in [9.17, 15) is 19.2 Å². The largest absolute Gasteiger partial charge is 0.444 e. The molecule has 34 heavy (non-hydrogen) atoms. The average Bonchev–Trinajstić information content (AvgIpc) is 3.09. The van der Waals surface area contributed by atoms with Crippen LogP contribution in [0.15, 0.2) is 12.3 Å². The molecule has 0 spiro atoms. The van der Waals surface area contributed by atoms with E-state index < -0.39 is 17.6 Å². The van der Waals surface area contributed by atoms with Crippen LogP contribution in [0.4, 0.5) is 10.6 Å². The van der Waals surface area contributed by atoms with E-state index in [1.54, 1.807) is 17.2 Å². The first-order valence-electron chi connectivity index (χ1n) is 11.7. The van der Waals surface area contributed by atoms with Crippen LogP contribution in [-0.4, -0.2) is 94.4 Å². The van der Waals surface area contributed by atoms with E-state index >= 15 is 0 Å². The van der Waals surface area contributed by atoms with E-state index in [2.05, 4.69) is 20.5 Å². The van der Waals surface area contributed by atoms with Crippen molar-refractivity contribution in [3.05, 3.63) is 23.4 Å². The number of imide groups is 1. The number of piperazine rings is 1. The number of aromatic nitrogens is 1. The molecule has 0 saturated carbocycles. The van der Waals surface area contributed by atoms with Gasteiger partial charge in [0.15, 0.2) is 0 Å². The van der Waals surface area contributed by atoms with E-state index in [-0.39, 0.29) is 24.3 Å². The van der Waals surface area contributed by atoms with Crippen molar-refractivity contribution in [3.63, 3.8) is 0 Å². The Bertz CT molecular complexity index is 983. The van der Waals surface area contributed by atoms with Crippen LogP contribution in [0.25, 0.3) is 0 Å². The van der Waals surface area contributed by atoms with E-state index in [1.165, 1.54) is 4.90 Å². The van der Waals surface area contributed by atoms with Gasteiger partial charge in [-0.25, -0.2) is 9.78 Å². The summed E-state index contributed by atoms with van der Waals surface area (Å²) in [6.07, 6.45) is 1.96. The molecule has 2 N–H and O–H groups in total. The number of fused-ring (bicyclic) bond motifs is 1. The van der Waals surface area contributed by atoms with Gasteiger partial charge in [-0.1, -0.05) is 0 Å². The molecule has 1 atom stereocenters. The lowest BCUT2D eigenvalue weighted by Gasteiger charge is -2.35. The summed E-state index contributed by atoms with van der Waals surface area (Å²) in [6, 6.07) is 1.10. The van der Waals surface area contributed by atoms with Gasteiger partial charge in [0, 0.05) is 69.6 Å². The van der Waals surface area contributed by atoms with Crippen molar-refractivity contribution in [2.75, 3.05) is 44.6 Å². The molecule has 3 aliphatic rings. The Morgan fingerprint density at radius 3 is 2.62 bits per heavy atom. The third-order valence-corrected chi connectivity index (χ3v) is 6.16. The molecule has 4 rings (SSSR count). The van der Waals surface area contributed by atoms with E-state index in [1.807, 2.05) is 20.8 Å². The first-order valence-corrected chi connectivity index (χ1v) is 11.7. The summed E-state index contributed by atoms with van der Waals surface area (Å²) < 4.78 is 5.43. The van der Waals surface area contributed by atoms with Crippen molar-refractivity contribution < 1.29 is 23.9 Å². The van der Waals surface area contributed by atoms with Gasteiger partial charge in [0.1, 0.15) is 17.5 Å². The molecule has 1 aromatic heterocycles. The highest BCUT2D eigenvalue weighted by Crippen LogP contribution is 2.28. The van der Waals surface area contributed by atoms with Gasteiger partial charge in [-0.2, -0.15) is 0 Å². The van der Waals surface area contributed by atoms with Crippen LogP contribution in [0.2, 0.25) is 0 Å². The number of carbonyl (C=O) groups excluding carboxylic acids is 4. The number of nitrogens with zero attached hydrogens (tertiary/aromatic N) is 4. The van der Waals surface area contributed by atoms with Crippen LogP contribution in [0.1, 0.15) is 49.5 Å². The van der Waals surface area contributed by atoms with Crippen LogP contribution in [0.5, 0.6) is 0 Å². The van der Waals surface area contributed by atoms with Crippen LogP contribution in [0, 0.1) is 0 Å². The number of anilines is 1. The molecule has 2 saturated heterocycles. The van der Waals surface area contributed by atoms with E-state index in [4.69, 9.17) is 4.74 Å². The Balaban J connectivity index is 1.25. The lowest BCUT2D eigenvalue weighted by atomic mass is 10.0. The molecule has 2 fully saturated rings. The van der Waals surface area contributed by atoms with Gasteiger partial charge >= 0.3 is 6.09 Å². The summed E-state index contributed by atoms with van der Waals surface area (Å²) in [5, 5.41) is 5.57. The minimum Gasteiger partial charge on any atom is -0.444 e. The summed E-state index contributed by atoms with van der Waals surface area (Å²) >= 11 is 0. The monoisotopic (exact) mass is 472 g/mol. The SMILES string of the molecule is CC(C)(C)OC(=O)N1CCN(CCNc2cc3c(cn2)CN(C2CCC(=O)NC2=O)C3=O)CC1. The number of piperidine rings is 1. The van der Waals surface area contributed by atoms with Crippen molar-refractivity contribution >= 4 is 29.6 Å². The second-order valence-electron chi connectivity index (χ2n) is 9.86. The Kier molecular flexibility index (Phi) is 6.74. The summed E-state index contributed by atoms with van der Waals surface area (Å²) in [5.41, 5.74) is 0.813. The van der Waals surface area contributed by atoms with E-state index in [0.717, 1.165) is 25.2 Å². The Morgan fingerprint density at radius 2 is 1.94 bits per heavy atom. The molecule has 4 amide bonds.